The van der Waals surface area contributed by atoms with Crippen LogP contribution in [0.25, 0.3) is 0 Å². The molecular formula is C15H10BrN3O3. The van der Waals surface area contributed by atoms with E-state index in [0.29, 0.717) is 16.9 Å². The van der Waals surface area contributed by atoms with Gasteiger partial charge in [0.15, 0.2) is 0 Å². The number of amides is 3. The molecule has 3 amide bonds. The van der Waals surface area contributed by atoms with Gasteiger partial charge in [-0.2, -0.15) is 0 Å². The second kappa shape index (κ2) is 5.69. The van der Waals surface area contributed by atoms with Crippen LogP contribution in [0.1, 0.15) is 20.7 Å². The molecule has 0 aliphatic carbocycles. The second-order valence-corrected chi connectivity index (χ2v) is 5.57. The number of halogens is 1. The molecule has 0 radical (unpaired) electrons. The Morgan fingerprint density at radius 1 is 1.09 bits per heavy atom. The molecule has 0 bridgehead atoms. The molecule has 110 valence electrons. The minimum Gasteiger partial charge on any atom is -0.309 e. The molecule has 1 aliphatic heterocycles. The topological polar surface area (TPSA) is 79.4 Å². The summed E-state index contributed by atoms with van der Waals surface area (Å²) >= 11 is 3.24. The van der Waals surface area contributed by atoms with E-state index in [1.54, 1.807) is 36.4 Å². The Morgan fingerprint density at radius 3 is 2.27 bits per heavy atom. The minimum atomic E-state index is -0.482. The Labute approximate surface area is 134 Å². The number of hydrogen-bond donors (Lipinski definition) is 1. The molecule has 1 aliphatic rings. The van der Waals surface area contributed by atoms with E-state index < -0.39 is 17.7 Å². The van der Waals surface area contributed by atoms with Crippen molar-refractivity contribution in [3.05, 3.63) is 58.2 Å². The van der Waals surface area contributed by atoms with Crippen molar-refractivity contribution in [3.63, 3.8) is 0 Å². The molecule has 2 aromatic rings. The Balaban J connectivity index is 1.71. The SMILES string of the molecule is O=C(CN1C(=O)c2ccccc2C1=O)Nc1ccc(Br)cn1. The van der Waals surface area contributed by atoms with Crippen molar-refractivity contribution < 1.29 is 14.4 Å². The molecule has 7 heteroatoms. The van der Waals surface area contributed by atoms with Gasteiger partial charge in [-0.1, -0.05) is 12.1 Å². The normalized spacial score (nSPS) is 13.2. The maximum Gasteiger partial charge on any atom is 0.262 e. The van der Waals surface area contributed by atoms with E-state index in [9.17, 15) is 14.4 Å². The summed E-state index contributed by atoms with van der Waals surface area (Å²) in [5, 5.41) is 2.55. The Bertz CT molecular complexity index is 739. The molecule has 6 nitrogen and oxygen atoms in total. The zero-order chi connectivity index (χ0) is 15.7. The third-order valence-corrected chi connectivity index (χ3v) is 3.64. The van der Waals surface area contributed by atoms with Gasteiger partial charge in [-0.25, -0.2) is 4.98 Å². The fourth-order valence-electron chi connectivity index (χ4n) is 2.16. The molecule has 3 rings (SSSR count). The first kappa shape index (κ1) is 14.4. The van der Waals surface area contributed by atoms with E-state index in [1.807, 2.05) is 0 Å². The fraction of sp³-hybridized carbons (Fsp3) is 0.0667. The number of rotatable bonds is 3. The van der Waals surface area contributed by atoms with E-state index in [1.165, 1.54) is 6.20 Å². The Hall–Kier alpha value is -2.54. The van der Waals surface area contributed by atoms with Crippen molar-refractivity contribution in [2.24, 2.45) is 0 Å². The number of benzene rings is 1. The van der Waals surface area contributed by atoms with Gasteiger partial charge in [-0.3, -0.25) is 19.3 Å². The summed E-state index contributed by atoms with van der Waals surface area (Å²) in [7, 11) is 0. The lowest BCUT2D eigenvalue weighted by Gasteiger charge is -2.13. The van der Waals surface area contributed by atoms with Gasteiger partial charge < -0.3 is 5.32 Å². The van der Waals surface area contributed by atoms with Crippen molar-refractivity contribution in [2.45, 2.75) is 0 Å². The van der Waals surface area contributed by atoms with Gasteiger partial charge in [0.2, 0.25) is 5.91 Å². The first-order valence-corrected chi connectivity index (χ1v) is 7.22. The van der Waals surface area contributed by atoms with Gasteiger partial charge in [0, 0.05) is 10.7 Å². The molecular weight excluding hydrogens is 350 g/mol. The van der Waals surface area contributed by atoms with Crippen molar-refractivity contribution in [1.29, 1.82) is 0 Å². The first-order valence-electron chi connectivity index (χ1n) is 6.43. The van der Waals surface area contributed by atoms with Gasteiger partial charge in [0.1, 0.15) is 12.4 Å². The second-order valence-electron chi connectivity index (χ2n) is 4.65. The molecule has 0 fully saturated rings. The number of nitrogens with one attached hydrogen (secondary N) is 1. The molecule has 0 saturated carbocycles. The maximum absolute atomic E-state index is 12.1. The summed E-state index contributed by atoms with van der Waals surface area (Å²) in [5.41, 5.74) is 0.643. The summed E-state index contributed by atoms with van der Waals surface area (Å²) in [4.78, 5) is 41.2. The first-order chi connectivity index (χ1) is 10.6. The predicted octanol–water partition coefficient (Wildman–Crippen LogP) is 2.08. The summed E-state index contributed by atoms with van der Waals surface area (Å²) in [5.74, 6) is -1.05. The lowest BCUT2D eigenvalue weighted by molar-refractivity contribution is -0.116. The highest BCUT2D eigenvalue weighted by atomic mass is 79.9. The van der Waals surface area contributed by atoms with E-state index in [0.717, 1.165) is 9.37 Å². The van der Waals surface area contributed by atoms with Crippen LogP contribution in [0.4, 0.5) is 5.82 Å². The van der Waals surface area contributed by atoms with Crippen LogP contribution < -0.4 is 5.32 Å². The number of imide groups is 1. The molecule has 2 heterocycles. The minimum absolute atomic E-state index is 0.321. The fourth-order valence-corrected chi connectivity index (χ4v) is 2.39. The number of anilines is 1. The summed E-state index contributed by atoms with van der Waals surface area (Å²) in [6, 6.07) is 9.85. The average molecular weight is 360 g/mol. The lowest BCUT2D eigenvalue weighted by Crippen LogP contribution is -2.37. The number of fused-ring (bicyclic) bond motifs is 1. The quantitative estimate of drug-likeness (QED) is 0.850. The maximum atomic E-state index is 12.1. The van der Waals surface area contributed by atoms with Gasteiger partial charge in [0.25, 0.3) is 11.8 Å². The number of carbonyl (C=O) groups excluding carboxylic acids is 3. The third kappa shape index (κ3) is 2.62. The smallest absolute Gasteiger partial charge is 0.262 e. The Kier molecular flexibility index (Phi) is 3.72. The third-order valence-electron chi connectivity index (χ3n) is 3.17. The summed E-state index contributed by atoms with van der Waals surface area (Å²) < 4.78 is 0.783. The number of pyridine rings is 1. The molecule has 0 atom stereocenters. The monoisotopic (exact) mass is 359 g/mol. The average Bonchev–Trinajstić information content (AvgIpc) is 2.75. The van der Waals surface area contributed by atoms with Crippen LogP contribution in [0.3, 0.4) is 0 Å². The highest BCUT2D eigenvalue weighted by Gasteiger charge is 2.36. The van der Waals surface area contributed by atoms with Crippen molar-refractivity contribution >= 4 is 39.5 Å². The number of aromatic nitrogens is 1. The van der Waals surface area contributed by atoms with Crippen LogP contribution in [0, 0.1) is 0 Å². The van der Waals surface area contributed by atoms with Crippen molar-refractivity contribution in [1.82, 2.24) is 9.88 Å². The van der Waals surface area contributed by atoms with Gasteiger partial charge >= 0.3 is 0 Å². The zero-order valence-electron chi connectivity index (χ0n) is 11.2. The number of carbonyl (C=O) groups is 3. The van der Waals surface area contributed by atoms with Gasteiger partial charge in [-0.15, -0.1) is 0 Å². The van der Waals surface area contributed by atoms with Crippen LogP contribution in [0.2, 0.25) is 0 Å². The molecule has 22 heavy (non-hydrogen) atoms. The molecule has 1 aromatic carbocycles. The van der Waals surface area contributed by atoms with Crippen LogP contribution in [0.15, 0.2) is 47.1 Å². The van der Waals surface area contributed by atoms with Crippen molar-refractivity contribution in [3.8, 4) is 0 Å². The Morgan fingerprint density at radius 2 is 1.73 bits per heavy atom. The van der Waals surface area contributed by atoms with E-state index >= 15 is 0 Å². The highest BCUT2D eigenvalue weighted by Crippen LogP contribution is 2.22. The largest absolute Gasteiger partial charge is 0.309 e. The molecule has 0 unspecified atom stereocenters. The predicted molar refractivity (Wildman–Crippen MR) is 82.4 cm³/mol. The van der Waals surface area contributed by atoms with E-state index in [2.05, 4.69) is 26.2 Å². The molecule has 1 N–H and O–H groups in total. The van der Waals surface area contributed by atoms with Gasteiger partial charge in [0.05, 0.1) is 11.1 Å². The van der Waals surface area contributed by atoms with Crippen LogP contribution in [0.5, 0.6) is 0 Å². The highest BCUT2D eigenvalue weighted by molar-refractivity contribution is 9.10. The zero-order valence-corrected chi connectivity index (χ0v) is 12.8. The van der Waals surface area contributed by atoms with Crippen LogP contribution >= 0.6 is 15.9 Å². The molecule has 0 saturated heterocycles. The number of hydrogen-bond acceptors (Lipinski definition) is 4. The van der Waals surface area contributed by atoms with Crippen LogP contribution in [-0.2, 0) is 4.79 Å². The standard InChI is InChI=1S/C15H10BrN3O3/c16-9-5-6-12(17-7-9)18-13(20)8-19-14(21)10-3-1-2-4-11(10)15(19)22/h1-7H,8H2,(H,17,18,20). The van der Waals surface area contributed by atoms with Gasteiger partial charge in [-0.05, 0) is 40.2 Å². The summed E-state index contributed by atoms with van der Waals surface area (Å²) in [6.45, 7) is -0.343. The van der Waals surface area contributed by atoms with Crippen LogP contribution in [-0.4, -0.2) is 34.2 Å². The molecule has 1 aromatic heterocycles. The van der Waals surface area contributed by atoms with E-state index in [4.69, 9.17) is 0 Å². The number of nitrogens with zero attached hydrogens (tertiary/aromatic N) is 2. The van der Waals surface area contributed by atoms with Crippen molar-refractivity contribution in [2.75, 3.05) is 11.9 Å². The van der Waals surface area contributed by atoms with E-state index in [-0.39, 0.29) is 6.54 Å². The summed E-state index contributed by atoms with van der Waals surface area (Å²) in [6.07, 6.45) is 1.54. The lowest BCUT2D eigenvalue weighted by atomic mass is 10.1. The molecule has 0 spiro atoms.